The molecule has 0 aliphatic heterocycles. The molecule has 0 aliphatic rings. The van der Waals surface area contributed by atoms with Crippen LogP contribution in [-0.2, 0) is 9.53 Å². The Morgan fingerprint density at radius 3 is 2.62 bits per heavy atom. The lowest BCUT2D eigenvalue weighted by Crippen LogP contribution is -2.13. The van der Waals surface area contributed by atoms with E-state index in [1.807, 2.05) is 11.8 Å². The van der Waals surface area contributed by atoms with Crippen molar-refractivity contribution in [2.24, 2.45) is 0 Å². The highest BCUT2D eigenvalue weighted by Crippen LogP contribution is 2.02. The Bertz CT molecular complexity index is 140. The van der Waals surface area contributed by atoms with E-state index < -0.39 is 0 Å². The predicted molar refractivity (Wildman–Crippen MR) is 57.1 cm³/mol. The van der Waals surface area contributed by atoms with Crippen molar-refractivity contribution in [2.75, 3.05) is 38.8 Å². The molecule has 0 unspecified atom stereocenters. The Kier molecular flexibility index (Phi) is 8.24. The summed E-state index contributed by atoms with van der Waals surface area (Å²) in [5.41, 5.74) is 0. The molecular weight excluding hydrogens is 186 g/mol. The number of nitrogens with zero attached hydrogens (tertiary/aromatic N) is 1. The van der Waals surface area contributed by atoms with Gasteiger partial charge in [0.2, 0.25) is 0 Å². The van der Waals surface area contributed by atoms with Crippen LogP contribution in [0.5, 0.6) is 0 Å². The van der Waals surface area contributed by atoms with Gasteiger partial charge in [0.25, 0.3) is 0 Å². The first-order valence-electron chi connectivity index (χ1n) is 4.48. The standard InChI is InChI=1S/C9H19NO2S/c1-9(11)12-6-8-13-7-4-5-10(2)3/h4-8H2,1-3H3. The predicted octanol–water partition coefficient (Wildman–Crippen LogP) is 1.23. The summed E-state index contributed by atoms with van der Waals surface area (Å²) in [5, 5.41) is 0. The second-order valence-electron chi connectivity index (χ2n) is 3.11. The van der Waals surface area contributed by atoms with Crippen LogP contribution in [0, 0.1) is 0 Å². The van der Waals surface area contributed by atoms with Crippen molar-refractivity contribution < 1.29 is 9.53 Å². The molecule has 0 aliphatic carbocycles. The fourth-order valence-corrected chi connectivity index (χ4v) is 1.57. The van der Waals surface area contributed by atoms with Gasteiger partial charge in [-0.2, -0.15) is 11.8 Å². The van der Waals surface area contributed by atoms with Crippen LogP contribution in [0.2, 0.25) is 0 Å². The molecule has 0 saturated carbocycles. The molecular formula is C9H19NO2S. The number of esters is 1. The van der Waals surface area contributed by atoms with Gasteiger partial charge in [-0.25, -0.2) is 0 Å². The fourth-order valence-electron chi connectivity index (χ4n) is 0.829. The van der Waals surface area contributed by atoms with Crippen molar-refractivity contribution >= 4 is 17.7 Å². The highest BCUT2D eigenvalue weighted by Gasteiger charge is 1.94. The molecule has 0 atom stereocenters. The lowest BCUT2D eigenvalue weighted by Gasteiger charge is -2.08. The minimum atomic E-state index is -0.186. The van der Waals surface area contributed by atoms with E-state index in [1.54, 1.807) is 0 Å². The lowest BCUT2D eigenvalue weighted by atomic mass is 10.5. The van der Waals surface area contributed by atoms with Gasteiger partial charge >= 0.3 is 5.97 Å². The van der Waals surface area contributed by atoms with Gasteiger partial charge in [-0.3, -0.25) is 4.79 Å². The molecule has 0 fully saturated rings. The SMILES string of the molecule is CC(=O)OCCSCCCN(C)C. The number of hydrogen-bond donors (Lipinski definition) is 0. The van der Waals surface area contributed by atoms with Crippen molar-refractivity contribution in [3.8, 4) is 0 Å². The third-order valence-electron chi connectivity index (χ3n) is 1.43. The van der Waals surface area contributed by atoms with Gasteiger partial charge in [0, 0.05) is 12.7 Å². The normalized spacial score (nSPS) is 10.5. The monoisotopic (exact) mass is 205 g/mol. The zero-order valence-corrected chi connectivity index (χ0v) is 9.52. The molecule has 0 N–H and O–H groups in total. The molecule has 0 aromatic carbocycles. The van der Waals surface area contributed by atoms with Crippen molar-refractivity contribution in [3.63, 3.8) is 0 Å². The maximum atomic E-state index is 10.4. The highest BCUT2D eigenvalue weighted by atomic mass is 32.2. The number of carbonyl (C=O) groups is 1. The second-order valence-corrected chi connectivity index (χ2v) is 4.33. The number of ether oxygens (including phenoxy) is 1. The summed E-state index contributed by atoms with van der Waals surface area (Å²) >= 11 is 1.83. The van der Waals surface area contributed by atoms with Crippen LogP contribution in [0.3, 0.4) is 0 Å². The molecule has 0 amide bonds. The van der Waals surface area contributed by atoms with E-state index in [-0.39, 0.29) is 5.97 Å². The summed E-state index contributed by atoms with van der Waals surface area (Å²) < 4.78 is 4.80. The first kappa shape index (κ1) is 12.8. The van der Waals surface area contributed by atoms with E-state index in [2.05, 4.69) is 19.0 Å². The summed E-state index contributed by atoms with van der Waals surface area (Å²) in [6.45, 7) is 3.11. The minimum Gasteiger partial charge on any atom is -0.465 e. The Labute approximate surface area is 84.8 Å². The van der Waals surface area contributed by atoms with Crippen LogP contribution in [-0.4, -0.2) is 49.6 Å². The van der Waals surface area contributed by atoms with Gasteiger partial charge in [-0.05, 0) is 32.8 Å². The second kappa shape index (κ2) is 8.38. The van der Waals surface area contributed by atoms with Crippen molar-refractivity contribution in [1.82, 2.24) is 4.90 Å². The molecule has 0 heterocycles. The topological polar surface area (TPSA) is 29.5 Å². The molecule has 0 saturated heterocycles. The van der Waals surface area contributed by atoms with Gasteiger partial charge in [-0.1, -0.05) is 0 Å². The van der Waals surface area contributed by atoms with Gasteiger partial charge < -0.3 is 9.64 Å². The molecule has 78 valence electrons. The van der Waals surface area contributed by atoms with E-state index in [9.17, 15) is 4.79 Å². The quantitative estimate of drug-likeness (QED) is 0.462. The Morgan fingerprint density at radius 1 is 1.38 bits per heavy atom. The molecule has 0 aromatic heterocycles. The van der Waals surface area contributed by atoms with E-state index in [1.165, 1.54) is 13.3 Å². The van der Waals surface area contributed by atoms with E-state index in [4.69, 9.17) is 4.74 Å². The third-order valence-corrected chi connectivity index (χ3v) is 2.46. The molecule has 3 nitrogen and oxygen atoms in total. The summed E-state index contributed by atoms with van der Waals surface area (Å²) in [5.74, 6) is 1.86. The fraction of sp³-hybridized carbons (Fsp3) is 0.889. The lowest BCUT2D eigenvalue weighted by molar-refractivity contribution is -0.140. The summed E-state index contributed by atoms with van der Waals surface area (Å²) in [6, 6.07) is 0. The average Bonchev–Trinajstić information content (AvgIpc) is 2.01. The van der Waals surface area contributed by atoms with Gasteiger partial charge in [0.15, 0.2) is 0 Å². The molecule has 0 spiro atoms. The van der Waals surface area contributed by atoms with Crippen LogP contribution < -0.4 is 0 Å². The average molecular weight is 205 g/mol. The Balaban J connectivity index is 2.96. The van der Waals surface area contributed by atoms with E-state index in [0.717, 1.165) is 18.1 Å². The van der Waals surface area contributed by atoms with Crippen LogP contribution in [0.1, 0.15) is 13.3 Å². The van der Waals surface area contributed by atoms with E-state index in [0.29, 0.717) is 6.61 Å². The minimum absolute atomic E-state index is 0.186. The molecule has 0 aromatic rings. The number of thioether (sulfide) groups is 1. The number of hydrogen-bond acceptors (Lipinski definition) is 4. The smallest absolute Gasteiger partial charge is 0.302 e. The van der Waals surface area contributed by atoms with Crippen LogP contribution >= 0.6 is 11.8 Å². The largest absolute Gasteiger partial charge is 0.465 e. The van der Waals surface area contributed by atoms with Gasteiger partial charge in [0.1, 0.15) is 6.61 Å². The molecule has 13 heavy (non-hydrogen) atoms. The maximum Gasteiger partial charge on any atom is 0.302 e. The third kappa shape index (κ3) is 11.8. The molecule has 0 rings (SSSR count). The molecule has 0 radical (unpaired) electrons. The summed E-state index contributed by atoms with van der Waals surface area (Å²) in [7, 11) is 4.15. The molecule has 0 bridgehead atoms. The van der Waals surface area contributed by atoms with Crippen molar-refractivity contribution in [3.05, 3.63) is 0 Å². The highest BCUT2D eigenvalue weighted by molar-refractivity contribution is 7.99. The van der Waals surface area contributed by atoms with Crippen LogP contribution in [0.25, 0.3) is 0 Å². The van der Waals surface area contributed by atoms with Crippen molar-refractivity contribution in [2.45, 2.75) is 13.3 Å². The first-order chi connectivity index (χ1) is 6.13. The van der Waals surface area contributed by atoms with Gasteiger partial charge in [-0.15, -0.1) is 0 Å². The summed E-state index contributed by atoms with van der Waals surface area (Å²) in [4.78, 5) is 12.6. The van der Waals surface area contributed by atoms with E-state index >= 15 is 0 Å². The summed E-state index contributed by atoms with van der Waals surface area (Å²) in [6.07, 6.45) is 1.19. The molecule has 4 heteroatoms. The van der Waals surface area contributed by atoms with Crippen LogP contribution in [0.15, 0.2) is 0 Å². The zero-order valence-electron chi connectivity index (χ0n) is 8.71. The number of carbonyl (C=O) groups excluding carboxylic acids is 1. The number of rotatable bonds is 7. The Hall–Kier alpha value is -0.220. The first-order valence-corrected chi connectivity index (χ1v) is 5.64. The zero-order chi connectivity index (χ0) is 10.1. The maximum absolute atomic E-state index is 10.4. The Morgan fingerprint density at radius 2 is 2.08 bits per heavy atom. The van der Waals surface area contributed by atoms with Crippen LogP contribution in [0.4, 0.5) is 0 Å². The van der Waals surface area contributed by atoms with Gasteiger partial charge in [0.05, 0.1) is 0 Å². The van der Waals surface area contributed by atoms with Crippen molar-refractivity contribution in [1.29, 1.82) is 0 Å².